The Labute approximate surface area is 92.7 Å². The van der Waals surface area contributed by atoms with E-state index >= 15 is 0 Å². The molecule has 0 atom stereocenters. The minimum atomic E-state index is -0.502. The van der Waals surface area contributed by atoms with E-state index in [1.165, 1.54) is 19.5 Å². The molecule has 86 valence electrons. The molecule has 0 unspecified atom stereocenters. The highest BCUT2D eigenvalue weighted by atomic mass is 16.5. The van der Waals surface area contributed by atoms with E-state index in [4.69, 9.17) is 5.11 Å². The monoisotopic (exact) mass is 223 g/mol. The summed E-state index contributed by atoms with van der Waals surface area (Å²) in [6.45, 7) is 0. The second-order valence-electron chi connectivity index (χ2n) is 3.74. The summed E-state index contributed by atoms with van der Waals surface area (Å²) >= 11 is 0. The number of aromatic nitrogens is 2. The number of ether oxygens (including phenoxy) is 1. The molecule has 1 aliphatic carbocycles. The van der Waals surface area contributed by atoms with E-state index < -0.39 is 5.97 Å². The molecule has 0 radical (unpaired) electrons. The highest BCUT2D eigenvalue weighted by Crippen LogP contribution is 2.22. The Bertz CT molecular complexity index is 373. The minimum Gasteiger partial charge on any atom is -0.464 e. The predicted molar refractivity (Wildman–Crippen MR) is 56.0 cm³/mol. The van der Waals surface area contributed by atoms with Gasteiger partial charge in [-0.25, -0.2) is 14.8 Å². The summed E-state index contributed by atoms with van der Waals surface area (Å²) in [7, 11) is 1.30. The van der Waals surface area contributed by atoms with Gasteiger partial charge in [0.25, 0.3) is 0 Å². The van der Waals surface area contributed by atoms with E-state index in [2.05, 4.69) is 20.0 Å². The zero-order valence-corrected chi connectivity index (χ0v) is 8.88. The number of hydrogen-bond acceptors (Lipinski definition) is 6. The largest absolute Gasteiger partial charge is 0.464 e. The summed E-state index contributed by atoms with van der Waals surface area (Å²) in [6, 6.07) is 0.244. The second kappa shape index (κ2) is 4.44. The fraction of sp³-hybridized carbons (Fsp3) is 0.500. The number of nitrogens with zero attached hydrogens (tertiary/aromatic N) is 2. The lowest BCUT2D eigenvalue weighted by atomic mass is 9.90. The lowest BCUT2D eigenvalue weighted by Crippen LogP contribution is -2.39. The molecule has 1 fully saturated rings. The number of carbonyl (C=O) groups is 1. The van der Waals surface area contributed by atoms with Crippen molar-refractivity contribution in [1.82, 2.24) is 9.97 Å². The van der Waals surface area contributed by atoms with Crippen molar-refractivity contribution in [1.29, 1.82) is 0 Å². The van der Waals surface area contributed by atoms with Crippen LogP contribution in [0.2, 0.25) is 0 Å². The van der Waals surface area contributed by atoms with Crippen LogP contribution in [0.25, 0.3) is 0 Å². The van der Waals surface area contributed by atoms with Crippen LogP contribution in [0.1, 0.15) is 23.3 Å². The van der Waals surface area contributed by atoms with Crippen LogP contribution in [0.3, 0.4) is 0 Å². The molecule has 1 heterocycles. The molecule has 1 aromatic rings. The molecule has 1 saturated carbocycles. The van der Waals surface area contributed by atoms with Crippen molar-refractivity contribution in [2.45, 2.75) is 25.0 Å². The molecule has 0 amide bonds. The third-order valence-corrected chi connectivity index (χ3v) is 2.51. The van der Waals surface area contributed by atoms with Gasteiger partial charge in [0.1, 0.15) is 5.82 Å². The number of hydrogen-bond donors (Lipinski definition) is 2. The molecule has 1 aliphatic rings. The van der Waals surface area contributed by atoms with Gasteiger partial charge >= 0.3 is 5.97 Å². The third kappa shape index (κ3) is 2.27. The highest BCUT2D eigenvalue weighted by molar-refractivity contribution is 5.86. The maximum Gasteiger partial charge on any atom is 0.358 e. The van der Waals surface area contributed by atoms with Gasteiger partial charge < -0.3 is 15.2 Å². The molecule has 0 bridgehead atoms. The molecule has 6 nitrogen and oxygen atoms in total. The summed E-state index contributed by atoms with van der Waals surface area (Å²) in [5, 5.41) is 12.2. The Morgan fingerprint density at radius 2 is 2.25 bits per heavy atom. The number of carbonyl (C=O) groups excluding carboxylic acids is 1. The smallest absolute Gasteiger partial charge is 0.358 e. The molecule has 0 saturated heterocycles. The first kappa shape index (κ1) is 10.8. The summed E-state index contributed by atoms with van der Waals surface area (Å²) in [5.74, 6) is 0.0997. The standard InChI is InChI=1S/C10H13N3O3/c1-16-10(15)8-4-12-9(5-11-8)13-6-2-7(14)3-6/h4-7,14H,2-3H2,1H3,(H,12,13). The normalized spacial score (nSPS) is 23.4. The summed E-state index contributed by atoms with van der Waals surface area (Å²) in [5.41, 5.74) is 0.182. The number of nitrogens with one attached hydrogen (secondary N) is 1. The highest BCUT2D eigenvalue weighted by Gasteiger charge is 2.27. The topological polar surface area (TPSA) is 84.3 Å². The van der Waals surface area contributed by atoms with Crippen LogP contribution < -0.4 is 5.32 Å². The Balaban J connectivity index is 1.94. The lowest BCUT2D eigenvalue weighted by Gasteiger charge is -2.32. The van der Waals surface area contributed by atoms with Gasteiger partial charge in [-0.15, -0.1) is 0 Å². The zero-order chi connectivity index (χ0) is 11.5. The van der Waals surface area contributed by atoms with Crippen LogP contribution in [0, 0.1) is 0 Å². The first-order valence-electron chi connectivity index (χ1n) is 5.04. The molecule has 0 spiro atoms. The van der Waals surface area contributed by atoms with Gasteiger partial charge in [0, 0.05) is 6.04 Å². The SMILES string of the molecule is COC(=O)c1cnc(NC2CC(O)C2)cn1. The van der Waals surface area contributed by atoms with E-state index in [0.717, 1.165) is 12.8 Å². The van der Waals surface area contributed by atoms with Crippen LogP contribution in [0.15, 0.2) is 12.4 Å². The summed E-state index contributed by atoms with van der Waals surface area (Å²) in [6.07, 6.45) is 4.08. The Morgan fingerprint density at radius 3 is 2.75 bits per heavy atom. The van der Waals surface area contributed by atoms with Crippen LogP contribution in [0.5, 0.6) is 0 Å². The van der Waals surface area contributed by atoms with Gasteiger partial charge in [0.2, 0.25) is 0 Å². The van der Waals surface area contributed by atoms with Crippen molar-refractivity contribution in [2.24, 2.45) is 0 Å². The minimum absolute atomic E-state index is 0.182. The van der Waals surface area contributed by atoms with Gasteiger partial charge in [-0.2, -0.15) is 0 Å². The van der Waals surface area contributed by atoms with Crippen LogP contribution in [0.4, 0.5) is 5.82 Å². The van der Waals surface area contributed by atoms with Crippen LogP contribution >= 0.6 is 0 Å². The molecular weight excluding hydrogens is 210 g/mol. The van der Waals surface area contributed by atoms with Crippen LogP contribution in [-0.4, -0.2) is 40.3 Å². The van der Waals surface area contributed by atoms with Gasteiger partial charge in [-0.05, 0) is 12.8 Å². The molecule has 6 heteroatoms. The average Bonchev–Trinajstić information content (AvgIpc) is 2.27. The number of rotatable bonds is 3. The zero-order valence-electron chi connectivity index (χ0n) is 8.88. The number of methoxy groups -OCH3 is 1. The Morgan fingerprint density at radius 1 is 1.50 bits per heavy atom. The molecular formula is C10H13N3O3. The first-order chi connectivity index (χ1) is 7.69. The number of aliphatic hydroxyl groups is 1. The maximum atomic E-state index is 11.1. The summed E-state index contributed by atoms with van der Waals surface area (Å²) in [4.78, 5) is 19.0. The molecule has 2 N–H and O–H groups in total. The van der Waals surface area contributed by atoms with Crippen molar-refractivity contribution in [3.63, 3.8) is 0 Å². The quantitative estimate of drug-likeness (QED) is 0.712. The van der Waals surface area contributed by atoms with E-state index in [-0.39, 0.29) is 17.8 Å². The van der Waals surface area contributed by atoms with Crippen molar-refractivity contribution >= 4 is 11.8 Å². The third-order valence-electron chi connectivity index (χ3n) is 2.51. The van der Waals surface area contributed by atoms with Gasteiger partial charge in [0.15, 0.2) is 5.69 Å². The molecule has 16 heavy (non-hydrogen) atoms. The average molecular weight is 223 g/mol. The molecule has 2 rings (SSSR count). The number of anilines is 1. The van der Waals surface area contributed by atoms with Crippen molar-refractivity contribution in [3.05, 3.63) is 18.1 Å². The van der Waals surface area contributed by atoms with Gasteiger partial charge in [0.05, 0.1) is 25.6 Å². The van der Waals surface area contributed by atoms with E-state index in [9.17, 15) is 4.79 Å². The first-order valence-corrected chi connectivity index (χ1v) is 5.04. The fourth-order valence-corrected chi connectivity index (χ4v) is 1.53. The van der Waals surface area contributed by atoms with Gasteiger partial charge in [-0.1, -0.05) is 0 Å². The Hall–Kier alpha value is -1.69. The second-order valence-corrected chi connectivity index (χ2v) is 3.74. The van der Waals surface area contributed by atoms with Crippen molar-refractivity contribution < 1.29 is 14.6 Å². The van der Waals surface area contributed by atoms with Crippen molar-refractivity contribution in [2.75, 3.05) is 12.4 Å². The van der Waals surface area contributed by atoms with Crippen LogP contribution in [-0.2, 0) is 4.74 Å². The van der Waals surface area contributed by atoms with E-state index in [0.29, 0.717) is 5.82 Å². The predicted octanol–water partition coefficient (Wildman–Crippen LogP) is 0.198. The molecule has 0 aliphatic heterocycles. The lowest BCUT2D eigenvalue weighted by molar-refractivity contribution is 0.0593. The van der Waals surface area contributed by atoms with E-state index in [1.54, 1.807) is 0 Å². The van der Waals surface area contributed by atoms with Gasteiger partial charge in [-0.3, -0.25) is 0 Å². The Kier molecular flexibility index (Phi) is 3.00. The fourth-order valence-electron chi connectivity index (χ4n) is 1.53. The number of esters is 1. The maximum absolute atomic E-state index is 11.1. The molecule has 0 aromatic carbocycles. The van der Waals surface area contributed by atoms with E-state index in [1.807, 2.05) is 0 Å². The molecule has 1 aromatic heterocycles. The number of aliphatic hydroxyl groups excluding tert-OH is 1. The van der Waals surface area contributed by atoms with Crippen molar-refractivity contribution in [3.8, 4) is 0 Å². The summed E-state index contributed by atoms with van der Waals surface area (Å²) < 4.78 is 4.51.